The molecule has 0 radical (unpaired) electrons. The summed E-state index contributed by atoms with van der Waals surface area (Å²) in [5.74, 6) is 0. The van der Waals surface area contributed by atoms with E-state index in [1.54, 1.807) is 7.11 Å². The van der Waals surface area contributed by atoms with E-state index < -0.39 is 0 Å². The average molecular weight is 203 g/mol. The van der Waals surface area contributed by atoms with Crippen LogP contribution in [0.2, 0.25) is 0 Å². The Morgan fingerprint density at radius 3 is 3.00 bits per heavy atom. The SMILES string of the molecule is CC[C@@]1(COC)[C@H]2Cc3ccccc3N21. The molecule has 2 atom stereocenters. The van der Waals surface area contributed by atoms with Gasteiger partial charge in [0.25, 0.3) is 0 Å². The first kappa shape index (κ1) is 9.22. The molecule has 15 heavy (non-hydrogen) atoms. The Balaban J connectivity index is 1.94. The smallest absolute Gasteiger partial charge is 0.0842 e. The van der Waals surface area contributed by atoms with Gasteiger partial charge in [0.05, 0.1) is 18.2 Å². The molecule has 3 rings (SSSR count). The Hall–Kier alpha value is -1.02. The number of rotatable bonds is 3. The number of hydrogen-bond donors (Lipinski definition) is 0. The maximum Gasteiger partial charge on any atom is 0.0842 e. The van der Waals surface area contributed by atoms with Crippen LogP contribution in [-0.4, -0.2) is 25.3 Å². The zero-order valence-corrected chi connectivity index (χ0v) is 9.36. The number of hydrogen-bond acceptors (Lipinski definition) is 2. The summed E-state index contributed by atoms with van der Waals surface area (Å²) in [6.07, 6.45) is 2.38. The topological polar surface area (TPSA) is 12.2 Å². The molecular weight excluding hydrogens is 186 g/mol. The molecule has 2 aliphatic heterocycles. The lowest BCUT2D eigenvalue weighted by molar-refractivity contribution is 0.166. The fraction of sp³-hybridized carbons (Fsp3) is 0.538. The number of nitrogens with zero attached hydrogens (tertiary/aromatic N) is 1. The summed E-state index contributed by atoms with van der Waals surface area (Å²) in [5.41, 5.74) is 3.24. The summed E-state index contributed by atoms with van der Waals surface area (Å²) in [6, 6.07) is 9.44. The third kappa shape index (κ3) is 1.03. The molecular formula is C13H17NO. The minimum atomic E-state index is 0.309. The Labute approximate surface area is 90.8 Å². The molecule has 2 heterocycles. The number of ether oxygens (including phenoxy) is 1. The van der Waals surface area contributed by atoms with E-state index in [9.17, 15) is 0 Å². The van der Waals surface area contributed by atoms with E-state index in [0.29, 0.717) is 11.6 Å². The number of benzene rings is 1. The van der Waals surface area contributed by atoms with E-state index in [1.165, 1.54) is 24.1 Å². The molecule has 0 spiro atoms. The summed E-state index contributed by atoms with van der Waals surface area (Å²) in [4.78, 5) is 2.55. The minimum absolute atomic E-state index is 0.309. The van der Waals surface area contributed by atoms with Crippen molar-refractivity contribution in [3.05, 3.63) is 29.8 Å². The lowest BCUT2D eigenvalue weighted by Crippen LogP contribution is -2.27. The highest BCUT2D eigenvalue weighted by Gasteiger charge is 2.64. The fourth-order valence-electron chi connectivity index (χ4n) is 3.18. The first-order chi connectivity index (χ1) is 7.33. The summed E-state index contributed by atoms with van der Waals surface area (Å²) < 4.78 is 5.37. The Kier molecular flexibility index (Phi) is 1.84. The highest BCUT2D eigenvalue weighted by atomic mass is 16.5. The molecule has 0 N–H and O–H groups in total. The van der Waals surface area contributed by atoms with Crippen LogP contribution in [0.4, 0.5) is 5.69 Å². The van der Waals surface area contributed by atoms with Gasteiger partial charge < -0.3 is 9.64 Å². The van der Waals surface area contributed by atoms with Crippen LogP contribution in [0.15, 0.2) is 24.3 Å². The van der Waals surface area contributed by atoms with Crippen molar-refractivity contribution >= 4 is 5.69 Å². The predicted molar refractivity (Wildman–Crippen MR) is 61.3 cm³/mol. The maximum atomic E-state index is 5.37. The number of methoxy groups -OCH3 is 1. The Bertz CT molecular complexity index is 390. The van der Waals surface area contributed by atoms with Gasteiger partial charge >= 0.3 is 0 Å². The van der Waals surface area contributed by atoms with Crippen molar-refractivity contribution in [3.8, 4) is 0 Å². The maximum absolute atomic E-state index is 5.37. The van der Waals surface area contributed by atoms with E-state index >= 15 is 0 Å². The normalized spacial score (nSPS) is 31.3. The largest absolute Gasteiger partial charge is 0.382 e. The van der Waals surface area contributed by atoms with Crippen LogP contribution in [0.25, 0.3) is 0 Å². The van der Waals surface area contributed by atoms with E-state index in [2.05, 4.69) is 36.1 Å². The molecule has 2 aliphatic rings. The van der Waals surface area contributed by atoms with Crippen LogP contribution in [0, 0.1) is 0 Å². The van der Waals surface area contributed by atoms with Crippen molar-refractivity contribution in [2.45, 2.75) is 31.3 Å². The van der Waals surface area contributed by atoms with Crippen molar-refractivity contribution in [2.24, 2.45) is 0 Å². The number of para-hydroxylation sites is 1. The van der Waals surface area contributed by atoms with E-state index in [4.69, 9.17) is 4.74 Å². The monoisotopic (exact) mass is 203 g/mol. The van der Waals surface area contributed by atoms with Crippen LogP contribution >= 0.6 is 0 Å². The third-order valence-corrected chi connectivity index (χ3v) is 4.01. The summed E-state index contributed by atoms with van der Waals surface area (Å²) in [7, 11) is 1.80. The third-order valence-electron chi connectivity index (χ3n) is 4.01. The van der Waals surface area contributed by atoms with Crippen LogP contribution in [0.3, 0.4) is 0 Å². The molecule has 1 saturated heterocycles. The molecule has 1 aromatic rings. The van der Waals surface area contributed by atoms with Gasteiger partial charge in [0.1, 0.15) is 0 Å². The van der Waals surface area contributed by atoms with E-state index in [-0.39, 0.29) is 0 Å². The van der Waals surface area contributed by atoms with Gasteiger partial charge in [-0.05, 0) is 24.5 Å². The molecule has 1 fully saturated rings. The molecule has 0 unspecified atom stereocenters. The molecule has 0 saturated carbocycles. The van der Waals surface area contributed by atoms with Crippen molar-refractivity contribution in [2.75, 3.05) is 18.6 Å². The van der Waals surface area contributed by atoms with Crippen molar-refractivity contribution < 1.29 is 4.74 Å². The van der Waals surface area contributed by atoms with E-state index in [1.807, 2.05) is 0 Å². The second-order valence-electron chi connectivity index (χ2n) is 4.61. The summed E-state index contributed by atoms with van der Waals surface area (Å²) >= 11 is 0. The summed E-state index contributed by atoms with van der Waals surface area (Å²) in [6.45, 7) is 3.13. The molecule has 1 aromatic carbocycles. The van der Waals surface area contributed by atoms with Gasteiger partial charge in [0, 0.05) is 12.8 Å². The molecule has 0 aliphatic carbocycles. The quantitative estimate of drug-likeness (QED) is 0.698. The standard InChI is InChI=1S/C13H17NO/c1-3-13(9-15-2)12-8-10-6-4-5-7-11(10)14(12)13/h4-7,12H,3,8-9H2,1-2H3/t12-,13-,14?/m1/s1. The highest BCUT2D eigenvalue weighted by molar-refractivity contribution is 5.71. The van der Waals surface area contributed by atoms with Crippen LogP contribution < -0.4 is 4.90 Å². The molecule has 80 valence electrons. The molecule has 2 nitrogen and oxygen atoms in total. The highest BCUT2D eigenvalue weighted by Crippen LogP contribution is 2.55. The first-order valence-corrected chi connectivity index (χ1v) is 5.69. The van der Waals surface area contributed by atoms with Gasteiger partial charge in [0.15, 0.2) is 0 Å². The van der Waals surface area contributed by atoms with Gasteiger partial charge in [0.2, 0.25) is 0 Å². The van der Waals surface area contributed by atoms with Gasteiger partial charge in [-0.1, -0.05) is 25.1 Å². The Morgan fingerprint density at radius 1 is 1.47 bits per heavy atom. The van der Waals surface area contributed by atoms with Crippen molar-refractivity contribution in [1.82, 2.24) is 0 Å². The van der Waals surface area contributed by atoms with Gasteiger partial charge in [-0.2, -0.15) is 0 Å². The van der Waals surface area contributed by atoms with Crippen molar-refractivity contribution in [3.63, 3.8) is 0 Å². The zero-order valence-electron chi connectivity index (χ0n) is 9.36. The first-order valence-electron chi connectivity index (χ1n) is 5.69. The number of fused-ring (bicyclic) bond motifs is 3. The summed E-state index contributed by atoms with van der Waals surface area (Å²) in [5, 5.41) is 0. The number of anilines is 1. The van der Waals surface area contributed by atoms with Gasteiger partial charge in [-0.3, -0.25) is 0 Å². The molecule has 0 amide bonds. The average Bonchev–Trinajstić information content (AvgIpc) is 2.70. The van der Waals surface area contributed by atoms with Crippen molar-refractivity contribution in [1.29, 1.82) is 0 Å². The minimum Gasteiger partial charge on any atom is -0.382 e. The van der Waals surface area contributed by atoms with Gasteiger partial charge in [-0.25, -0.2) is 0 Å². The molecule has 0 bridgehead atoms. The van der Waals surface area contributed by atoms with E-state index in [0.717, 1.165) is 6.61 Å². The second-order valence-corrected chi connectivity index (χ2v) is 4.61. The lowest BCUT2D eigenvalue weighted by Gasteiger charge is -2.18. The fourth-order valence-corrected chi connectivity index (χ4v) is 3.18. The molecule has 0 aromatic heterocycles. The lowest BCUT2D eigenvalue weighted by atomic mass is 9.96. The van der Waals surface area contributed by atoms with Crippen LogP contribution in [0.5, 0.6) is 0 Å². The predicted octanol–water partition coefficient (Wildman–Crippen LogP) is 2.23. The molecule has 2 heteroatoms. The zero-order chi connectivity index (χ0) is 10.5. The Morgan fingerprint density at radius 2 is 2.27 bits per heavy atom. The van der Waals surface area contributed by atoms with Crippen LogP contribution in [0.1, 0.15) is 18.9 Å². The second kappa shape index (κ2) is 2.99. The van der Waals surface area contributed by atoms with Gasteiger partial charge in [-0.15, -0.1) is 0 Å². The van der Waals surface area contributed by atoms with Crippen LogP contribution in [-0.2, 0) is 11.2 Å².